The largest absolute Gasteiger partial charge is 0.444 e. The van der Waals surface area contributed by atoms with Crippen LogP contribution in [-0.4, -0.2) is 29.9 Å². The molecule has 0 saturated carbocycles. The smallest absolute Gasteiger partial charge is 0.243 e. The number of hydrogen-bond donors (Lipinski definition) is 3. The van der Waals surface area contributed by atoms with Crippen molar-refractivity contribution in [1.82, 2.24) is 15.6 Å². The molecule has 0 atom stereocenters. The molecule has 3 aromatic rings. The van der Waals surface area contributed by atoms with E-state index in [4.69, 9.17) is 4.42 Å². The molecule has 1 amide bonds. The first-order valence-corrected chi connectivity index (χ1v) is 9.62. The number of nitrogens with zero attached hydrogens (tertiary/aromatic N) is 2. The van der Waals surface area contributed by atoms with E-state index in [1.54, 1.807) is 12.3 Å². The van der Waals surface area contributed by atoms with Gasteiger partial charge in [-0.25, -0.2) is 14.4 Å². The van der Waals surface area contributed by atoms with Crippen molar-refractivity contribution in [3.05, 3.63) is 71.9 Å². The number of rotatable bonds is 7. The van der Waals surface area contributed by atoms with Gasteiger partial charge >= 0.3 is 0 Å². The summed E-state index contributed by atoms with van der Waals surface area (Å²) < 4.78 is 18.8. The van der Waals surface area contributed by atoms with Crippen LogP contribution in [0.5, 0.6) is 0 Å². The lowest BCUT2D eigenvalue weighted by Crippen LogP contribution is -2.41. The summed E-state index contributed by atoms with van der Waals surface area (Å²) in [6.07, 6.45) is 1.57. The number of carbonyl (C=O) groups is 1. The highest BCUT2D eigenvalue weighted by atomic mass is 19.1. The number of guanidine groups is 1. The zero-order valence-corrected chi connectivity index (χ0v) is 16.9. The molecule has 0 bridgehead atoms. The van der Waals surface area contributed by atoms with Crippen molar-refractivity contribution >= 4 is 17.6 Å². The van der Waals surface area contributed by atoms with Crippen molar-refractivity contribution in [3.63, 3.8) is 0 Å². The lowest BCUT2D eigenvalue weighted by Gasteiger charge is -2.11. The highest BCUT2D eigenvalue weighted by Crippen LogP contribution is 2.19. The first-order chi connectivity index (χ1) is 14.5. The van der Waals surface area contributed by atoms with E-state index in [-0.39, 0.29) is 19.0 Å². The number of hydrogen-bond acceptors (Lipinski definition) is 4. The summed E-state index contributed by atoms with van der Waals surface area (Å²) in [5, 5.41) is 8.64. The number of aryl methyl sites for hydroxylation is 1. The number of benzene rings is 2. The van der Waals surface area contributed by atoms with Gasteiger partial charge in [0, 0.05) is 17.8 Å². The van der Waals surface area contributed by atoms with Crippen LogP contribution in [0.2, 0.25) is 0 Å². The van der Waals surface area contributed by atoms with Crippen molar-refractivity contribution < 1.29 is 13.6 Å². The fourth-order valence-corrected chi connectivity index (χ4v) is 2.65. The molecule has 3 N–H and O–H groups in total. The summed E-state index contributed by atoms with van der Waals surface area (Å²) >= 11 is 0. The van der Waals surface area contributed by atoms with Crippen LogP contribution in [0.1, 0.15) is 18.2 Å². The minimum Gasteiger partial charge on any atom is -0.444 e. The molecule has 0 saturated heterocycles. The van der Waals surface area contributed by atoms with Crippen LogP contribution >= 0.6 is 0 Å². The zero-order valence-electron chi connectivity index (χ0n) is 16.9. The topological polar surface area (TPSA) is 91.6 Å². The van der Waals surface area contributed by atoms with Gasteiger partial charge < -0.3 is 20.4 Å². The Morgan fingerprint density at radius 3 is 2.70 bits per heavy atom. The SMILES string of the molecule is CCNC(=NCc1coc(-c2ccc(C)cc2)n1)NCC(=O)Nc1cccc(F)c1. The number of carbonyl (C=O) groups excluding carboxylic acids is 1. The quantitative estimate of drug-likeness (QED) is 0.410. The van der Waals surface area contributed by atoms with Gasteiger partial charge in [-0.1, -0.05) is 23.8 Å². The second kappa shape index (κ2) is 10.2. The van der Waals surface area contributed by atoms with Crippen molar-refractivity contribution in [3.8, 4) is 11.5 Å². The molecular formula is C22H24FN5O2. The fourth-order valence-electron chi connectivity index (χ4n) is 2.65. The Bertz CT molecular complexity index is 1010. The lowest BCUT2D eigenvalue weighted by molar-refractivity contribution is -0.115. The monoisotopic (exact) mass is 409 g/mol. The molecule has 1 heterocycles. The number of halogens is 1. The summed E-state index contributed by atoms with van der Waals surface area (Å²) in [6, 6.07) is 13.6. The molecule has 1 aromatic heterocycles. The molecule has 0 aliphatic rings. The molecular weight excluding hydrogens is 385 g/mol. The van der Waals surface area contributed by atoms with Crippen molar-refractivity contribution in [2.75, 3.05) is 18.4 Å². The number of anilines is 1. The van der Waals surface area contributed by atoms with Crippen molar-refractivity contribution in [2.24, 2.45) is 4.99 Å². The van der Waals surface area contributed by atoms with E-state index >= 15 is 0 Å². The van der Waals surface area contributed by atoms with Crippen LogP contribution < -0.4 is 16.0 Å². The Morgan fingerprint density at radius 2 is 1.97 bits per heavy atom. The van der Waals surface area contributed by atoms with E-state index in [9.17, 15) is 9.18 Å². The summed E-state index contributed by atoms with van der Waals surface area (Å²) in [7, 11) is 0. The maximum absolute atomic E-state index is 13.2. The normalized spacial score (nSPS) is 11.2. The lowest BCUT2D eigenvalue weighted by atomic mass is 10.1. The molecule has 0 spiro atoms. The third kappa shape index (κ3) is 6.16. The number of oxazole rings is 1. The maximum Gasteiger partial charge on any atom is 0.243 e. The van der Waals surface area contributed by atoms with Gasteiger partial charge in [0.25, 0.3) is 0 Å². The zero-order chi connectivity index (χ0) is 21.3. The average Bonchev–Trinajstić information content (AvgIpc) is 3.19. The van der Waals surface area contributed by atoms with E-state index in [2.05, 4.69) is 25.9 Å². The molecule has 3 rings (SSSR count). The second-order valence-corrected chi connectivity index (χ2v) is 6.62. The minimum atomic E-state index is -0.409. The Balaban J connectivity index is 1.56. The highest BCUT2D eigenvalue weighted by Gasteiger charge is 2.08. The van der Waals surface area contributed by atoms with Crippen molar-refractivity contribution in [2.45, 2.75) is 20.4 Å². The summed E-state index contributed by atoms with van der Waals surface area (Å²) in [6.45, 7) is 4.85. The molecule has 0 unspecified atom stereocenters. The van der Waals surface area contributed by atoms with Crippen LogP contribution in [0.15, 0.2) is 64.2 Å². The third-order valence-electron chi connectivity index (χ3n) is 4.12. The fraction of sp³-hybridized carbons (Fsp3) is 0.227. The molecule has 0 fully saturated rings. The molecule has 30 heavy (non-hydrogen) atoms. The first-order valence-electron chi connectivity index (χ1n) is 9.62. The molecule has 0 aliphatic heterocycles. The van der Waals surface area contributed by atoms with Crippen LogP contribution in [0.3, 0.4) is 0 Å². The highest BCUT2D eigenvalue weighted by molar-refractivity contribution is 5.94. The van der Waals surface area contributed by atoms with Gasteiger partial charge in [0.05, 0.1) is 13.1 Å². The maximum atomic E-state index is 13.2. The van der Waals surface area contributed by atoms with E-state index in [1.165, 1.54) is 18.2 Å². The summed E-state index contributed by atoms with van der Waals surface area (Å²) in [5.41, 5.74) is 3.13. The minimum absolute atomic E-state index is 0.0181. The van der Waals surface area contributed by atoms with Crippen LogP contribution in [0.25, 0.3) is 11.5 Å². The number of aromatic nitrogens is 1. The van der Waals surface area contributed by atoms with Gasteiger partial charge in [-0.3, -0.25) is 4.79 Å². The Morgan fingerprint density at radius 1 is 1.17 bits per heavy atom. The van der Waals surface area contributed by atoms with Gasteiger partial charge in [0.1, 0.15) is 17.8 Å². The van der Waals surface area contributed by atoms with E-state index in [1.807, 2.05) is 38.1 Å². The number of aliphatic imine (C=N–C) groups is 1. The third-order valence-corrected chi connectivity index (χ3v) is 4.12. The van der Waals surface area contributed by atoms with E-state index < -0.39 is 5.82 Å². The second-order valence-electron chi connectivity index (χ2n) is 6.62. The molecule has 2 aromatic carbocycles. The molecule has 0 aliphatic carbocycles. The van der Waals surface area contributed by atoms with E-state index in [0.29, 0.717) is 29.8 Å². The number of nitrogens with one attached hydrogen (secondary N) is 3. The average molecular weight is 409 g/mol. The van der Waals surface area contributed by atoms with Crippen LogP contribution in [0, 0.1) is 12.7 Å². The van der Waals surface area contributed by atoms with Gasteiger partial charge in [-0.2, -0.15) is 0 Å². The summed E-state index contributed by atoms with van der Waals surface area (Å²) in [4.78, 5) is 21.0. The molecule has 7 nitrogen and oxygen atoms in total. The number of amides is 1. The van der Waals surface area contributed by atoms with Crippen LogP contribution in [-0.2, 0) is 11.3 Å². The Kier molecular flexibility index (Phi) is 7.15. The summed E-state index contributed by atoms with van der Waals surface area (Å²) in [5.74, 6) is 0.280. The van der Waals surface area contributed by atoms with Gasteiger partial charge in [-0.15, -0.1) is 0 Å². The van der Waals surface area contributed by atoms with Gasteiger partial charge in [0.15, 0.2) is 5.96 Å². The van der Waals surface area contributed by atoms with Crippen LogP contribution in [0.4, 0.5) is 10.1 Å². The molecule has 8 heteroatoms. The van der Waals surface area contributed by atoms with Crippen molar-refractivity contribution in [1.29, 1.82) is 0 Å². The van der Waals surface area contributed by atoms with Gasteiger partial charge in [-0.05, 0) is 44.2 Å². The standard InChI is InChI=1S/C22H24FN5O2/c1-3-24-22(26-13-20(29)27-18-6-4-5-17(23)11-18)25-12-19-14-30-21(28-19)16-9-7-15(2)8-10-16/h4-11,14H,3,12-13H2,1-2H3,(H,27,29)(H2,24,25,26). The van der Waals surface area contributed by atoms with E-state index in [0.717, 1.165) is 11.1 Å². The predicted octanol–water partition coefficient (Wildman–Crippen LogP) is 3.48. The molecule has 0 radical (unpaired) electrons. The Hall–Kier alpha value is -3.68. The first kappa shape index (κ1) is 21.0. The Labute approximate surface area is 174 Å². The van der Waals surface area contributed by atoms with Gasteiger partial charge in [0.2, 0.25) is 11.8 Å². The molecule has 156 valence electrons. The predicted molar refractivity (Wildman–Crippen MR) is 115 cm³/mol.